The van der Waals surface area contributed by atoms with Gasteiger partial charge in [0, 0.05) is 44.7 Å². The van der Waals surface area contributed by atoms with Gasteiger partial charge in [0.05, 0.1) is 18.8 Å². The molecule has 0 aliphatic carbocycles. The Kier molecular flexibility index (Phi) is 9.63. The molecule has 11 heteroatoms. The van der Waals surface area contributed by atoms with Crippen LogP contribution in [0.25, 0.3) is 0 Å². The number of anilines is 2. The van der Waals surface area contributed by atoms with Crippen molar-refractivity contribution in [3.63, 3.8) is 0 Å². The van der Waals surface area contributed by atoms with Gasteiger partial charge in [-0.25, -0.2) is 13.6 Å². The molecule has 0 aromatic heterocycles. The van der Waals surface area contributed by atoms with E-state index in [4.69, 9.17) is 19.2 Å². The van der Waals surface area contributed by atoms with Crippen LogP contribution >= 0.6 is 0 Å². The van der Waals surface area contributed by atoms with Gasteiger partial charge in [0.1, 0.15) is 17.6 Å². The number of carbonyl (C=O) groups is 2. The van der Waals surface area contributed by atoms with Crippen molar-refractivity contribution in [2.24, 2.45) is 0 Å². The first-order valence-electron chi connectivity index (χ1n) is 11.4. The molecule has 1 amide bonds. The minimum Gasteiger partial charge on any atom is -0.444 e. The maximum absolute atomic E-state index is 15.0. The van der Waals surface area contributed by atoms with Crippen LogP contribution in [0.3, 0.4) is 0 Å². The molecule has 0 saturated carbocycles. The molecule has 2 heterocycles. The van der Waals surface area contributed by atoms with Crippen LogP contribution in [0.1, 0.15) is 25.3 Å². The van der Waals surface area contributed by atoms with Gasteiger partial charge in [0.25, 0.3) is 0 Å². The number of amides is 1. The standard InChI is InChI=1S/C24H27F2N3O4.CO2/c1-17(30)7-8-20-16-29(24(31)33-20)19-13-21(25)23(22(26)14-19)27-9-10-28(32-12-11-27)15-18-5-3-2-4-6-18;2-1-3/h2-6,13-14,20H,7-12,15-16H2,1H3;/t20-;/m0./s1. The molecule has 0 spiro atoms. The summed E-state index contributed by atoms with van der Waals surface area (Å²) in [5, 5.41) is 1.79. The fourth-order valence-corrected chi connectivity index (χ4v) is 4.08. The number of ether oxygens (including phenoxy) is 1. The first-order chi connectivity index (χ1) is 17.3. The Morgan fingerprint density at radius 2 is 1.75 bits per heavy atom. The molecule has 2 aromatic carbocycles. The number of hydroxylamine groups is 2. The van der Waals surface area contributed by atoms with E-state index in [1.165, 1.54) is 11.8 Å². The maximum Gasteiger partial charge on any atom is 0.414 e. The molecule has 9 nitrogen and oxygen atoms in total. The molecular formula is C25H27F2N3O6. The van der Waals surface area contributed by atoms with Gasteiger partial charge in [0.15, 0.2) is 11.6 Å². The van der Waals surface area contributed by atoms with Crippen LogP contribution in [0.4, 0.5) is 25.0 Å². The topological polar surface area (TPSA) is 96.5 Å². The number of cyclic esters (lactones) is 1. The quantitative estimate of drug-likeness (QED) is 0.568. The van der Waals surface area contributed by atoms with Crippen molar-refractivity contribution in [3.05, 3.63) is 59.7 Å². The number of nitrogens with zero attached hydrogens (tertiary/aromatic N) is 3. The van der Waals surface area contributed by atoms with Crippen LogP contribution in [-0.4, -0.2) is 62.0 Å². The van der Waals surface area contributed by atoms with E-state index in [0.29, 0.717) is 39.2 Å². The Bertz CT molecular complexity index is 1070. The lowest BCUT2D eigenvalue weighted by atomic mass is 10.1. The number of ketones is 1. The molecule has 2 fully saturated rings. The first-order valence-corrected chi connectivity index (χ1v) is 11.4. The van der Waals surface area contributed by atoms with E-state index in [1.54, 1.807) is 9.96 Å². The monoisotopic (exact) mass is 503 g/mol. The Hall–Kier alpha value is -3.66. The lowest BCUT2D eigenvalue weighted by Gasteiger charge is -2.24. The average Bonchev–Trinajstić information content (AvgIpc) is 3.06. The molecule has 0 N–H and O–H groups in total. The molecule has 1 atom stereocenters. The SMILES string of the molecule is CC(=O)CC[C@H]1CN(c2cc(F)c(N3CCON(Cc4ccccc4)CC3)c(F)c2)C(=O)O1.O=C=O. The van der Waals surface area contributed by atoms with E-state index in [9.17, 15) is 9.59 Å². The summed E-state index contributed by atoms with van der Waals surface area (Å²) < 4.78 is 35.3. The van der Waals surface area contributed by atoms with Gasteiger partial charge in [-0.15, -0.1) is 0 Å². The molecule has 0 radical (unpaired) electrons. The summed E-state index contributed by atoms with van der Waals surface area (Å²) in [7, 11) is 0. The normalized spacial score (nSPS) is 18.1. The summed E-state index contributed by atoms with van der Waals surface area (Å²) >= 11 is 0. The van der Waals surface area contributed by atoms with Crippen LogP contribution in [0.2, 0.25) is 0 Å². The minimum atomic E-state index is -0.749. The summed E-state index contributed by atoms with van der Waals surface area (Å²) in [6.07, 6.45) is -0.236. The number of benzene rings is 2. The zero-order valence-corrected chi connectivity index (χ0v) is 19.8. The number of rotatable bonds is 7. The van der Waals surface area contributed by atoms with E-state index in [-0.39, 0.29) is 36.3 Å². The van der Waals surface area contributed by atoms with Crippen molar-refractivity contribution >= 4 is 29.4 Å². The minimum absolute atomic E-state index is 0.00490. The van der Waals surface area contributed by atoms with Gasteiger partial charge in [-0.3, -0.25) is 9.74 Å². The predicted molar refractivity (Wildman–Crippen MR) is 124 cm³/mol. The molecule has 192 valence electrons. The fraction of sp³-hybridized carbons (Fsp3) is 0.400. The Balaban J connectivity index is 0.00000115. The molecule has 2 aliphatic rings. The molecule has 2 aliphatic heterocycles. The summed E-state index contributed by atoms with van der Waals surface area (Å²) in [6, 6.07) is 12.1. The smallest absolute Gasteiger partial charge is 0.414 e. The largest absolute Gasteiger partial charge is 0.444 e. The van der Waals surface area contributed by atoms with E-state index in [2.05, 4.69) is 0 Å². The molecule has 36 heavy (non-hydrogen) atoms. The van der Waals surface area contributed by atoms with Crippen molar-refractivity contribution in [2.75, 3.05) is 42.6 Å². The van der Waals surface area contributed by atoms with Gasteiger partial charge < -0.3 is 14.4 Å². The summed E-state index contributed by atoms with van der Waals surface area (Å²) in [6.45, 7) is 3.69. The third-order valence-corrected chi connectivity index (χ3v) is 5.78. The Morgan fingerprint density at radius 1 is 1.08 bits per heavy atom. The second-order valence-corrected chi connectivity index (χ2v) is 8.37. The highest BCUT2D eigenvalue weighted by atomic mass is 19.1. The highest BCUT2D eigenvalue weighted by molar-refractivity contribution is 5.90. The van der Waals surface area contributed by atoms with E-state index in [0.717, 1.165) is 17.7 Å². The molecule has 0 unspecified atom stereocenters. The third-order valence-electron chi connectivity index (χ3n) is 5.78. The van der Waals surface area contributed by atoms with Crippen molar-refractivity contribution in [1.29, 1.82) is 0 Å². The van der Waals surface area contributed by atoms with Crippen molar-refractivity contribution in [3.8, 4) is 0 Å². The van der Waals surface area contributed by atoms with Crippen LogP contribution in [-0.2, 0) is 30.5 Å². The lowest BCUT2D eigenvalue weighted by molar-refractivity contribution is -0.191. The number of hydrogen-bond donors (Lipinski definition) is 0. The summed E-state index contributed by atoms with van der Waals surface area (Å²) in [5.74, 6) is -1.50. The van der Waals surface area contributed by atoms with Crippen molar-refractivity contribution in [1.82, 2.24) is 5.06 Å². The predicted octanol–water partition coefficient (Wildman–Crippen LogP) is 3.33. The van der Waals surface area contributed by atoms with E-state index >= 15 is 8.78 Å². The van der Waals surface area contributed by atoms with Gasteiger partial charge in [0.2, 0.25) is 0 Å². The highest BCUT2D eigenvalue weighted by Gasteiger charge is 2.33. The average molecular weight is 504 g/mol. The van der Waals surface area contributed by atoms with Crippen LogP contribution in [0.15, 0.2) is 42.5 Å². The van der Waals surface area contributed by atoms with E-state index in [1.807, 2.05) is 30.3 Å². The molecule has 2 aromatic rings. The lowest BCUT2D eigenvalue weighted by Crippen LogP contribution is -2.32. The van der Waals surface area contributed by atoms with Crippen molar-refractivity contribution < 1.29 is 37.5 Å². The second kappa shape index (κ2) is 12.9. The highest BCUT2D eigenvalue weighted by Crippen LogP contribution is 2.32. The fourth-order valence-electron chi connectivity index (χ4n) is 4.08. The number of halogens is 2. The van der Waals surface area contributed by atoms with Gasteiger partial charge in [-0.05, 0) is 18.9 Å². The third kappa shape index (κ3) is 7.17. The zero-order chi connectivity index (χ0) is 26.1. The first kappa shape index (κ1) is 26.9. The van der Waals surface area contributed by atoms with Gasteiger partial charge in [-0.1, -0.05) is 30.3 Å². The Labute approximate surface area is 207 Å². The molecular weight excluding hydrogens is 476 g/mol. The van der Waals surface area contributed by atoms with Crippen molar-refractivity contribution in [2.45, 2.75) is 32.4 Å². The van der Waals surface area contributed by atoms with E-state index < -0.39 is 23.8 Å². The maximum atomic E-state index is 15.0. The number of hydrogen-bond acceptors (Lipinski definition) is 8. The van der Waals surface area contributed by atoms with Gasteiger partial charge >= 0.3 is 12.2 Å². The Morgan fingerprint density at radius 3 is 2.39 bits per heavy atom. The number of Topliss-reactive ketones (excluding diaryl/α,β-unsaturated/α-hetero) is 1. The molecule has 0 bridgehead atoms. The second-order valence-electron chi connectivity index (χ2n) is 8.37. The van der Waals surface area contributed by atoms with Crippen LogP contribution in [0.5, 0.6) is 0 Å². The van der Waals surface area contributed by atoms with Crippen LogP contribution in [0, 0.1) is 11.6 Å². The van der Waals surface area contributed by atoms with Crippen LogP contribution < -0.4 is 9.80 Å². The zero-order valence-electron chi connectivity index (χ0n) is 19.8. The number of carbonyl (C=O) groups excluding carboxylic acids is 4. The van der Waals surface area contributed by atoms with Gasteiger partial charge in [-0.2, -0.15) is 14.7 Å². The summed E-state index contributed by atoms with van der Waals surface area (Å²) in [5.41, 5.74) is 1.05. The molecule has 4 rings (SSSR count). The molecule has 2 saturated heterocycles. The summed E-state index contributed by atoms with van der Waals surface area (Å²) in [4.78, 5) is 48.2.